The van der Waals surface area contributed by atoms with Gasteiger partial charge < -0.3 is 4.90 Å². The van der Waals surface area contributed by atoms with Crippen LogP contribution in [-0.2, 0) is 7.05 Å². The highest BCUT2D eigenvalue weighted by molar-refractivity contribution is 7.12. The molecule has 0 bridgehead atoms. The van der Waals surface area contributed by atoms with Crippen molar-refractivity contribution in [3.63, 3.8) is 0 Å². The normalized spacial score (nSPS) is 10.9. The number of thiazole rings is 1. The SMILES string of the molecule is C=CN(C)c1ccc(N=Nc2scc(C)[n+]2C)cc1. The zero-order valence-electron chi connectivity index (χ0n) is 11.4. The van der Waals surface area contributed by atoms with Crippen molar-refractivity contribution < 1.29 is 4.57 Å². The molecule has 2 rings (SSSR count). The van der Waals surface area contributed by atoms with E-state index in [1.165, 1.54) is 5.69 Å². The molecule has 98 valence electrons. The second kappa shape index (κ2) is 5.75. The van der Waals surface area contributed by atoms with Gasteiger partial charge in [-0.3, -0.25) is 0 Å². The van der Waals surface area contributed by atoms with E-state index in [0.717, 1.165) is 16.5 Å². The first-order valence-electron chi connectivity index (χ1n) is 5.93. The van der Waals surface area contributed by atoms with E-state index in [1.54, 1.807) is 17.5 Å². The third kappa shape index (κ3) is 3.06. The Kier molecular flexibility index (Phi) is 4.06. The molecule has 0 saturated heterocycles. The molecule has 0 unspecified atom stereocenters. The van der Waals surface area contributed by atoms with E-state index in [2.05, 4.69) is 29.1 Å². The zero-order valence-corrected chi connectivity index (χ0v) is 12.2. The number of aromatic nitrogens is 1. The van der Waals surface area contributed by atoms with Crippen LogP contribution >= 0.6 is 11.3 Å². The minimum absolute atomic E-state index is 0.840. The van der Waals surface area contributed by atoms with Gasteiger partial charge in [-0.15, -0.1) is 0 Å². The van der Waals surface area contributed by atoms with Gasteiger partial charge in [0, 0.05) is 18.1 Å². The van der Waals surface area contributed by atoms with Crippen LogP contribution in [0.15, 0.2) is 52.7 Å². The van der Waals surface area contributed by atoms with Gasteiger partial charge in [-0.1, -0.05) is 6.58 Å². The Balaban J connectivity index is 2.15. The van der Waals surface area contributed by atoms with Crippen molar-refractivity contribution in [1.29, 1.82) is 0 Å². The highest BCUT2D eigenvalue weighted by Gasteiger charge is 2.11. The summed E-state index contributed by atoms with van der Waals surface area (Å²) in [5.74, 6) is 0. The monoisotopic (exact) mass is 273 g/mol. The molecule has 0 fully saturated rings. The molecule has 4 nitrogen and oxygen atoms in total. The maximum atomic E-state index is 4.26. The molecule has 1 aromatic carbocycles. The smallest absolute Gasteiger partial charge is 0.352 e. The maximum Gasteiger partial charge on any atom is 0.408 e. The van der Waals surface area contributed by atoms with Crippen molar-refractivity contribution in [1.82, 2.24) is 0 Å². The Bertz CT molecular complexity index is 598. The van der Waals surface area contributed by atoms with Gasteiger partial charge >= 0.3 is 5.13 Å². The van der Waals surface area contributed by atoms with Crippen molar-refractivity contribution in [3.8, 4) is 0 Å². The van der Waals surface area contributed by atoms with E-state index in [9.17, 15) is 0 Å². The number of azo groups is 1. The van der Waals surface area contributed by atoms with Crippen molar-refractivity contribution in [2.45, 2.75) is 6.92 Å². The lowest BCUT2D eigenvalue weighted by molar-refractivity contribution is -0.660. The molecule has 19 heavy (non-hydrogen) atoms. The van der Waals surface area contributed by atoms with Crippen molar-refractivity contribution in [2.75, 3.05) is 11.9 Å². The Labute approximate surface area is 117 Å². The van der Waals surface area contributed by atoms with Gasteiger partial charge in [0.1, 0.15) is 11.4 Å². The number of nitrogens with zero attached hydrogens (tertiary/aromatic N) is 4. The minimum atomic E-state index is 0.840. The van der Waals surface area contributed by atoms with Crippen LogP contribution in [0.25, 0.3) is 0 Å². The van der Waals surface area contributed by atoms with E-state index in [4.69, 9.17) is 0 Å². The zero-order chi connectivity index (χ0) is 13.8. The molecule has 5 heteroatoms. The molecule has 0 radical (unpaired) electrons. The summed E-state index contributed by atoms with van der Waals surface area (Å²) in [6.07, 6.45) is 1.77. The Morgan fingerprint density at radius 3 is 2.47 bits per heavy atom. The Morgan fingerprint density at radius 1 is 1.26 bits per heavy atom. The summed E-state index contributed by atoms with van der Waals surface area (Å²) in [6.45, 7) is 5.78. The lowest BCUT2D eigenvalue weighted by atomic mass is 10.3. The average molecular weight is 273 g/mol. The topological polar surface area (TPSA) is 31.8 Å². The molecule has 0 aliphatic heterocycles. The van der Waals surface area contributed by atoms with Crippen LogP contribution in [0.1, 0.15) is 5.69 Å². The standard InChI is InChI=1S/C14H17N4S/c1-5-17(3)13-8-6-12(7-9-13)15-16-14-18(4)11(2)10-19-14/h5-10H,1H2,2-4H3/q+1. The second-order valence-electron chi connectivity index (χ2n) is 4.23. The predicted molar refractivity (Wildman–Crippen MR) is 79.5 cm³/mol. The number of rotatable bonds is 4. The fraction of sp³-hybridized carbons (Fsp3) is 0.214. The number of hydrogen-bond donors (Lipinski definition) is 0. The van der Waals surface area contributed by atoms with Gasteiger partial charge in [-0.25, -0.2) is 4.57 Å². The number of anilines is 1. The number of hydrogen-bond acceptors (Lipinski definition) is 4. The summed E-state index contributed by atoms with van der Waals surface area (Å²) in [5, 5.41) is 11.5. The maximum absolute atomic E-state index is 4.26. The van der Waals surface area contributed by atoms with E-state index < -0.39 is 0 Å². The minimum Gasteiger partial charge on any atom is -0.352 e. The quantitative estimate of drug-likeness (QED) is 0.614. The first-order chi connectivity index (χ1) is 9.11. The Hall–Kier alpha value is -2.01. The molecule has 0 amide bonds. The summed E-state index contributed by atoms with van der Waals surface area (Å²) in [5.41, 5.74) is 3.10. The molecule has 0 aliphatic carbocycles. The van der Waals surface area contributed by atoms with Crippen LogP contribution in [0.5, 0.6) is 0 Å². The lowest BCUT2D eigenvalue weighted by Crippen LogP contribution is -2.28. The molecule has 1 heterocycles. The fourth-order valence-corrected chi connectivity index (χ4v) is 2.32. The van der Waals surface area contributed by atoms with E-state index in [0.29, 0.717) is 0 Å². The van der Waals surface area contributed by atoms with Gasteiger partial charge in [-0.2, -0.15) is 0 Å². The van der Waals surface area contributed by atoms with Crippen LogP contribution < -0.4 is 9.47 Å². The van der Waals surface area contributed by atoms with Crippen molar-refractivity contribution in [3.05, 3.63) is 48.1 Å². The van der Waals surface area contributed by atoms with Crippen LogP contribution in [0.2, 0.25) is 0 Å². The van der Waals surface area contributed by atoms with Crippen LogP contribution in [0, 0.1) is 6.92 Å². The molecular formula is C14H17N4S+. The third-order valence-corrected chi connectivity index (χ3v) is 3.96. The molecule has 2 aromatic rings. The van der Waals surface area contributed by atoms with E-state index in [-0.39, 0.29) is 0 Å². The van der Waals surface area contributed by atoms with Gasteiger partial charge in [0.15, 0.2) is 0 Å². The predicted octanol–water partition coefficient (Wildman–Crippen LogP) is 3.88. The van der Waals surface area contributed by atoms with E-state index >= 15 is 0 Å². The highest BCUT2D eigenvalue weighted by atomic mass is 32.1. The fourth-order valence-electron chi connectivity index (χ4n) is 1.50. The summed E-state index contributed by atoms with van der Waals surface area (Å²) in [6, 6.07) is 7.88. The summed E-state index contributed by atoms with van der Waals surface area (Å²) < 4.78 is 2.02. The molecule has 0 aliphatic rings. The number of benzene rings is 1. The summed E-state index contributed by atoms with van der Waals surface area (Å²) in [4.78, 5) is 1.95. The van der Waals surface area contributed by atoms with Crippen LogP contribution in [-0.4, -0.2) is 7.05 Å². The molecule has 0 N–H and O–H groups in total. The van der Waals surface area contributed by atoms with E-state index in [1.807, 2.05) is 47.8 Å². The average Bonchev–Trinajstić information content (AvgIpc) is 2.76. The third-order valence-electron chi connectivity index (χ3n) is 2.93. The molecule has 0 spiro atoms. The number of aryl methyl sites for hydroxylation is 1. The molecular weight excluding hydrogens is 256 g/mol. The highest BCUT2D eigenvalue weighted by Crippen LogP contribution is 2.22. The van der Waals surface area contributed by atoms with Gasteiger partial charge in [0.25, 0.3) is 0 Å². The van der Waals surface area contributed by atoms with Crippen molar-refractivity contribution >= 4 is 27.8 Å². The van der Waals surface area contributed by atoms with Gasteiger partial charge in [0.2, 0.25) is 0 Å². The van der Waals surface area contributed by atoms with Gasteiger partial charge in [0.05, 0.1) is 12.2 Å². The van der Waals surface area contributed by atoms with Gasteiger partial charge in [-0.05, 0) is 53.8 Å². The largest absolute Gasteiger partial charge is 0.408 e. The van der Waals surface area contributed by atoms with Crippen molar-refractivity contribution in [2.24, 2.45) is 17.3 Å². The lowest BCUT2D eigenvalue weighted by Gasteiger charge is -2.12. The second-order valence-corrected chi connectivity index (χ2v) is 5.07. The summed E-state index contributed by atoms with van der Waals surface area (Å²) >= 11 is 1.59. The molecule has 1 aromatic heterocycles. The molecule has 0 saturated carbocycles. The summed E-state index contributed by atoms with van der Waals surface area (Å²) in [7, 11) is 3.94. The Morgan fingerprint density at radius 2 is 1.95 bits per heavy atom. The van der Waals surface area contributed by atoms with Crippen LogP contribution in [0.4, 0.5) is 16.5 Å². The molecule has 0 atom stereocenters. The first kappa shape index (κ1) is 13.4. The first-order valence-corrected chi connectivity index (χ1v) is 6.81. The van der Waals surface area contributed by atoms with Crippen LogP contribution in [0.3, 0.4) is 0 Å².